The number of methoxy groups -OCH3 is 2. The van der Waals surface area contributed by atoms with Gasteiger partial charge in [-0.2, -0.15) is 4.36 Å². The molecular weight excluding hydrogens is 706 g/mol. The smallest absolute Gasteiger partial charge is 0.303 e. The van der Waals surface area contributed by atoms with Crippen LogP contribution in [0.2, 0.25) is 5.02 Å². The summed E-state index contributed by atoms with van der Waals surface area (Å²) < 4.78 is 38.2. The Hall–Kier alpha value is -3.78. The molecule has 0 saturated heterocycles. The van der Waals surface area contributed by atoms with E-state index in [4.69, 9.17) is 30.8 Å². The number of fused-ring (bicyclic) bond motifs is 4. The zero-order chi connectivity index (χ0) is 36.8. The van der Waals surface area contributed by atoms with Crippen LogP contribution >= 0.6 is 11.6 Å². The molecule has 4 aliphatic rings. The number of rotatable bonds is 5. The third kappa shape index (κ3) is 7.12. The molecule has 1 spiro atoms. The quantitative estimate of drug-likeness (QED) is 0.278. The first-order valence-corrected chi connectivity index (χ1v) is 20.1. The predicted octanol–water partition coefficient (Wildman–Crippen LogP) is 5.05. The summed E-state index contributed by atoms with van der Waals surface area (Å²) in [4.78, 5) is 34.7. The van der Waals surface area contributed by atoms with Crippen LogP contribution in [-0.4, -0.2) is 93.4 Å². The number of aryl methyl sites for hydroxylation is 2. The molecule has 2 aliphatic heterocycles. The highest BCUT2D eigenvalue weighted by Gasteiger charge is 2.45. The van der Waals surface area contributed by atoms with E-state index in [1.807, 2.05) is 12.1 Å². The Labute approximate surface area is 309 Å². The lowest BCUT2D eigenvalue weighted by molar-refractivity contribution is 0.0124. The van der Waals surface area contributed by atoms with Crippen LogP contribution in [0.3, 0.4) is 0 Å². The van der Waals surface area contributed by atoms with Crippen LogP contribution in [-0.2, 0) is 33.3 Å². The Kier molecular flexibility index (Phi) is 10.2. The second kappa shape index (κ2) is 14.6. The van der Waals surface area contributed by atoms with Crippen molar-refractivity contribution in [2.75, 3.05) is 50.3 Å². The number of aromatic nitrogens is 3. The van der Waals surface area contributed by atoms with Gasteiger partial charge < -0.3 is 24.2 Å². The summed E-state index contributed by atoms with van der Waals surface area (Å²) in [5.74, 6) is -1.12. The Balaban J connectivity index is 1.32. The normalized spacial score (nSPS) is 30.9. The van der Waals surface area contributed by atoms with Crippen molar-refractivity contribution in [2.24, 2.45) is 29.2 Å². The first kappa shape index (κ1) is 36.6. The van der Waals surface area contributed by atoms with Crippen molar-refractivity contribution in [2.45, 2.75) is 56.7 Å². The van der Waals surface area contributed by atoms with Gasteiger partial charge in [-0.1, -0.05) is 36.7 Å². The SMILES string of the molecule is COc1nn(C)cc1C(=O)C[S@@]1(=O)=NC(=O)c2ccc3c(n2)N(C[C@@H]2CC[C@H]2[C@@H](OC)/C=C/[C@H](O)[C@H](C)C1)C[C@@]1(CCCc2cc(Cl)ccc21)CO3. The molecule has 1 N–H and O–H groups in total. The Morgan fingerprint density at radius 3 is 2.77 bits per heavy atom. The van der Waals surface area contributed by atoms with Crippen molar-refractivity contribution in [1.29, 1.82) is 0 Å². The second-order valence-electron chi connectivity index (χ2n) is 14.8. The lowest BCUT2D eigenvalue weighted by atomic mass is 9.68. The summed E-state index contributed by atoms with van der Waals surface area (Å²) in [7, 11) is 1.14. The van der Waals surface area contributed by atoms with Crippen molar-refractivity contribution in [3.63, 3.8) is 0 Å². The minimum Gasteiger partial charge on any atom is -0.489 e. The van der Waals surface area contributed by atoms with E-state index in [0.29, 0.717) is 36.3 Å². The monoisotopic (exact) mass is 751 g/mol. The summed E-state index contributed by atoms with van der Waals surface area (Å²) in [5.41, 5.74) is 2.23. The Morgan fingerprint density at radius 2 is 2.02 bits per heavy atom. The van der Waals surface area contributed by atoms with Gasteiger partial charge in [0.05, 0.1) is 41.4 Å². The van der Waals surface area contributed by atoms with Gasteiger partial charge in [0.25, 0.3) is 0 Å². The first-order chi connectivity index (χ1) is 24.9. The molecule has 0 unspecified atom stereocenters. The third-order valence-corrected chi connectivity index (χ3v) is 13.7. The molecule has 278 valence electrons. The summed E-state index contributed by atoms with van der Waals surface area (Å²) in [5, 5.41) is 16.1. The summed E-state index contributed by atoms with van der Waals surface area (Å²) in [6, 6.07) is 9.40. The largest absolute Gasteiger partial charge is 0.489 e. The maximum Gasteiger partial charge on any atom is 0.303 e. The molecule has 14 heteroatoms. The highest BCUT2D eigenvalue weighted by molar-refractivity contribution is 7.94. The fraction of sp³-hybridized carbons (Fsp3) is 0.526. The number of aliphatic hydroxyl groups is 1. The maximum absolute atomic E-state index is 14.7. The summed E-state index contributed by atoms with van der Waals surface area (Å²) in [6.07, 6.45) is 8.56. The van der Waals surface area contributed by atoms with Crippen molar-refractivity contribution >= 4 is 38.8 Å². The van der Waals surface area contributed by atoms with E-state index < -0.39 is 39.2 Å². The molecule has 2 bridgehead atoms. The molecule has 3 aromatic rings. The highest BCUT2D eigenvalue weighted by atomic mass is 35.5. The summed E-state index contributed by atoms with van der Waals surface area (Å²) in [6.45, 7) is 3.43. The number of Topliss-reactive ketones (excluding diaryl/α,β-unsaturated/α-hetero) is 1. The number of halogens is 1. The lowest BCUT2D eigenvalue weighted by Crippen LogP contribution is -2.49. The number of aliphatic hydroxyl groups excluding tert-OH is 1. The fourth-order valence-electron chi connectivity index (χ4n) is 8.37. The minimum atomic E-state index is -3.58. The molecule has 2 aliphatic carbocycles. The molecule has 1 amide bonds. The minimum absolute atomic E-state index is 0.00150. The van der Waals surface area contributed by atoms with E-state index >= 15 is 0 Å². The number of carbonyl (C=O) groups excluding carboxylic acids is 2. The second-order valence-corrected chi connectivity index (χ2v) is 17.6. The molecule has 1 saturated carbocycles. The molecule has 1 aromatic carbocycles. The van der Waals surface area contributed by atoms with Crippen LogP contribution in [0.5, 0.6) is 11.6 Å². The molecule has 7 atom stereocenters. The molecule has 12 nitrogen and oxygen atoms in total. The summed E-state index contributed by atoms with van der Waals surface area (Å²) >= 11 is 6.44. The van der Waals surface area contributed by atoms with E-state index in [0.717, 1.165) is 32.1 Å². The van der Waals surface area contributed by atoms with E-state index in [2.05, 4.69) is 26.5 Å². The van der Waals surface area contributed by atoms with Crippen molar-refractivity contribution < 1.29 is 33.1 Å². The number of anilines is 1. The van der Waals surface area contributed by atoms with Gasteiger partial charge in [-0.3, -0.25) is 14.3 Å². The number of ketones is 1. The molecule has 1 fully saturated rings. The van der Waals surface area contributed by atoms with Crippen molar-refractivity contribution in [3.8, 4) is 11.6 Å². The van der Waals surface area contributed by atoms with E-state index in [1.165, 1.54) is 29.1 Å². The van der Waals surface area contributed by atoms with Gasteiger partial charge in [0, 0.05) is 49.6 Å². The number of amides is 1. The molecule has 4 heterocycles. The van der Waals surface area contributed by atoms with Crippen LogP contribution in [0.1, 0.15) is 64.6 Å². The van der Waals surface area contributed by atoms with E-state index in [9.17, 15) is 18.9 Å². The zero-order valence-corrected chi connectivity index (χ0v) is 31.6. The average molecular weight is 752 g/mol. The van der Waals surface area contributed by atoms with E-state index in [1.54, 1.807) is 39.3 Å². The van der Waals surface area contributed by atoms with Gasteiger partial charge >= 0.3 is 5.91 Å². The third-order valence-electron chi connectivity index (χ3n) is 11.2. The molecule has 0 radical (unpaired) electrons. The van der Waals surface area contributed by atoms with Gasteiger partial charge in [0.15, 0.2) is 17.4 Å². The molecule has 2 aromatic heterocycles. The van der Waals surface area contributed by atoms with Gasteiger partial charge in [-0.25, -0.2) is 9.19 Å². The zero-order valence-electron chi connectivity index (χ0n) is 30.0. The average Bonchev–Trinajstić information content (AvgIpc) is 3.42. The van der Waals surface area contributed by atoms with Gasteiger partial charge in [0.2, 0.25) is 5.88 Å². The van der Waals surface area contributed by atoms with Crippen LogP contribution in [0.4, 0.5) is 5.82 Å². The first-order valence-electron chi connectivity index (χ1n) is 17.9. The van der Waals surface area contributed by atoms with Gasteiger partial charge in [-0.05, 0) is 85.3 Å². The number of carbonyl (C=O) groups is 2. The Bertz CT molecular complexity index is 2030. The molecule has 7 rings (SSSR count). The van der Waals surface area contributed by atoms with Crippen LogP contribution in [0.15, 0.2) is 53.0 Å². The van der Waals surface area contributed by atoms with Crippen molar-refractivity contribution in [1.82, 2.24) is 14.8 Å². The highest BCUT2D eigenvalue weighted by Crippen LogP contribution is 2.46. The fourth-order valence-corrected chi connectivity index (χ4v) is 10.8. The number of ether oxygens (including phenoxy) is 3. The number of benzene rings is 1. The van der Waals surface area contributed by atoms with Crippen LogP contribution in [0, 0.1) is 17.8 Å². The van der Waals surface area contributed by atoms with Gasteiger partial charge in [0.1, 0.15) is 11.3 Å². The molecular formula is C38H46ClN5O7S. The topological polar surface area (TPSA) is 145 Å². The van der Waals surface area contributed by atoms with E-state index in [-0.39, 0.29) is 46.2 Å². The number of hydrogen-bond donors (Lipinski definition) is 1. The van der Waals surface area contributed by atoms with Crippen molar-refractivity contribution in [3.05, 3.63) is 76.1 Å². The molecule has 52 heavy (non-hydrogen) atoms. The predicted molar refractivity (Wildman–Crippen MR) is 198 cm³/mol. The van der Waals surface area contributed by atoms with Gasteiger partial charge in [-0.15, -0.1) is 5.10 Å². The lowest BCUT2D eigenvalue weighted by Gasteiger charge is -2.45. The van der Waals surface area contributed by atoms with Crippen LogP contribution in [0.25, 0.3) is 0 Å². The number of nitrogens with zero attached hydrogens (tertiary/aromatic N) is 5. The number of hydrogen-bond acceptors (Lipinski definition) is 10. The number of pyridine rings is 1. The van der Waals surface area contributed by atoms with Crippen LogP contribution < -0.4 is 14.4 Å². The maximum atomic E-state index is 14.7. The standard InChI is InChI=1S/C38H46ClN5O7S/c1-23-19-52(48,20-32(46)28-18-43(2)41-37(28)50-4)42-36(47)30-11-13-34-35(40-30)44(17-25-7-9-27(25)33(49-3)14-12-31(23)45)21-38(22-51-34)15-5-6-24-16-26(39)8-10-29(24)38/h8,10-14,16,18,23,25,27,31,33,45H,5-7,9,15,17,19-22H2,1-4H3/b14-12+/t23-,25+,27-,31+,33+,38+,52-/m1/s1. The Morgan fingerprint density at radius 1 is 1.19 bits per heavy atom.